The quantitative estimate of drug-likeness (QED) is 0.772. The summed E-state index contributed by atoms with van der Waals surface area (Å²) in [5.41, 5.74) is 0.188. The summed E-state index contributed by atoms with van der Waals surface area (Å²) in [5.74, 6) is -0.235. The van der Waals surface area contributed by atoms with E-state index in [1.54, 1.807) is 46.1 Å². The van der Waals surface area contributed by atoms with Gasteiger partial charge in [-0.15, -0.1) is 0 Å². The van der Waals surface area contributed by atoms with Crippen molar-refractivity contribution in [2.45, 2.75) is 31.8 Å². The number of rotatable bonds is 5. The lowest BCUT2D eigenvalue weighted by Crippen LogP contribution is -2.52. The maximum Gasteiger partial charge on any atom is 0.330 e. The van der Waals surface area contributed by atoms with Crippen LogP contribution in [0.2, 0.25) is 0 Å². The van der Waals surface area contributed by atoms with Crippen LogP contribution in [0.1, 0.15) is 30.6 Å². The number of fused-ring (bicyclic) bond motifs is 1. The number of hydrogen-bond donors (Lipinski definition) is 1. The molecular formula is C19H27N3O5. The minimum atomic E-state index is -1.11. The molecule has 2 rings (SSSR count). The molecule has 2 amide bonds. The van der Waals surface area contributed by atoms with Crippen LogP contribution in [0.15, 0.2) is 18.2 Å². The van der Waals surface area contributed by atoms with Crippen molar-refractivity contribution in [2.24, 2.45) is 0 Å². The fourth-order valence-corrected chi connectivity index (χ4v) is 2.92. The van der Waals surface area contributed by atoms with Gasteiger partial charge in [0.1, 0.15) is 17.9 Å². The molecule has 0 saturated carbocycles. The van der Waals surface area contributed by atoms with Crippen molar-refractivity contribution in [1.82, 2.24) is 10.2 Å². The summed E-state index contributed by atoms with van der Waals surface area (Å²) in [4.78, 5) is 39.8. The lowest BCUT2D eigenvalue weighted by molar-refractivity contribution is -0.149. The van der Waals surface area contributed by atoms with E-state index in [4.69, 9.17) is 9.47 Å². The molecule has 0 saturated heterocycles. The third-order valence-electron chi connectivity index (χ3n) is 4.54. The first-order valence-electron chi connectivity index (χ1n) is 8.67. The van der Waals surface area contributed by atoms with Gasteiger partial charge in [-0.25, -0.2) is 4.79 Å². The van der Waals surface area contributed by atoms with E-state index in [-0.39, 0.29) is 24.3 Å². The van der Waals surface area contributed by atoms with Crippen LogP contribution in [0.5, 0.6) is 5.75 Å². The van der Waals surface area contributed by atoms with Crippen molar-refractivity contribution in [2.75, 3.05) is 39.8 Å². The topological polar surface area (TPSA) is 88.2 Å². The van der Waals surface area contributed by atoms with E-state index in [1.165, 1.54) is 12.0 Å². The van der Waals surface area contributed by atoms with E-state index >= 15 is 0 Å². The summed E-state index contributed by atoms with van der Waals surface area (Å²) in [6, 6.07) is 5.02. The lowest BCUT2D eigenvalue weighted by atomic mass is 10.0. The Hall–Kier alpha value is -2.77. The fourth-order valence-electron chi connectivity index (χ4n) is 2.92. The molecule has 1 heterocycles. The molecule has 148 valence electrons. The van der Waals surface area contributed by atoms with E-state index < -0.39 is 11.5 Å². The number of carbonyl (C=O) groups is 3. The monoisotopic (exact) mass is 377 g/mol. The normalized spacial score (nSPS) is 16.1. The maximum absolute atomic E-state index is 12.4. The average molecular weight is 377 g/mol. The van der Waals surface area contributed by atoms with Crippen LogP contribution < -0.4 is 15.0 Å². The van der Waals surface area contributed by atoms with Crippen molar-refractivity contribution >= 4 is 23.5 Å². The second-order valence-electron chi connectivity index (χ2n) is 7.33. The Bertz CT molecular complexity index is 745. The Morgan fingerprint density at radius 2 is 2.00 bits per heavy atom. The Balaban J connectivity index is 2.12. The van der Waals surface area contributed by atoms with Crippen molar-refractivity contribution < 1.29 is 23.9 Å². The molecule has 0 spiro atoms. The van der Waals surface area contributed by atoms with Gasteiger partial charge in [-0.05, 0) is 32.0 Å². The summed E-state index contributed by atoms with van der Waals surface area (Å²) in [6.45, 7) is 3.51. The Morgan fingerprint density at radius 1 is 1.33 bits per heavy atom. The van der Waals surface area contributed by atoms with E-state index in [9.17, 15) is 14.4 Å². The van der Waals surface area contributed by atoms with Gasteiger partial charge in [-0.3, -0.25) is 9.59 Å². The van der Waals surface area contributed by atoms with Crippen LogP contribution in [-0.4, -0.2) is 69.1 Å². The number of carbonyl (C=O) groups excluding carboxylic acids is 3. The molecule has 1 atom stereocenters. The lowest BCUT2D eigenvalue weighted by Gasteiger charge is -2.36. The average Bonchev–Trinajstić information content (AvgIpc) is 2.61. The molecule has 1 aromatic rings. The van der Waals surface area contributed by atoms with E-state index in [1.807, 2.05) is 11.9 Å². The summed E-state index contributed by atoms with van der Waals surface area (Å²) < 4.78 is 10.5. The number of nitrogens with zero attached hydrogens (tertiary/aromatic N) is 2. The smallest absolute Gasteiger partial charge is 0.330 e. The highest BCUT2D eigenvalue weighted by atomic mass is 16.5. The Kier molecular flexibility index (Phi) is 5.98. The molecule has 0 aromatic heterocycles. The predicted molar refractivity (Wildman–Crippen MR) is 101 cm³/mol. The number of nitrogens with one attached hydrogen (secondary N) is 1. The highest BCUT2D eigenvalue weighted by Gasteiger charge is 2.33. The minimum Gasteiger partial charge on any atom is -0.489 e. The zero-order chi connectivity index (χ0) is 20.4. The van der Waals surface area contributed by atoms with E-state index in [2.05, 4.69) is 5.32 Å². The maximum atomic E-state index is 12.4. The Labute approximate surface area is 159 Å². The Morgan fingerprint density at radius 3 is 2.59 bits per heavy atom. The second-order valence-corrected chi connectivity index (χ2v) is 7.33. The first kappa shape index (κ1) is 20.5. The van der Waals surface area contributed by atoms with Gasteiger partial charge in [0.15, 0.2) is 0 Å². The molecule has 1 aliphatic heterocycles. The highest BCUT2D eigenvalue weighted by Crippen LogP contribution is 2.34. The molecule has 0 aliphatic carbocycles. The first-order valence-corrected chi connectivity index (χ1v) is 8.67. The zero-order valence-electron chi connectivity index (χ0n) is 16.7. The van der Waals surface area contributed by atoms with Crippen LogP contribution >= 0.6 is 0 Å². The van der Waals surface area contributed by atoms with Gasteiger partial charge in [0.25, 0.3) is 5.91 Å². The van der Waals surface area contributed by atoms with Gasteiger partial charge in [-0.2, -0.15) is 0 Å². The van der Waals surface area contributed by atoms with Crippen molar-refractivity contribution in [1.29, 1.82) is 0 Å². The standard InChI is InChI=1S/C19H27N3O5/c1-19(2,18(25)26-6)20-16(23)10-13-11-27-15-8-7-12(17(24)21(3)4)9-14(15)22(13)5/h7-9,13H,10-11H2,1-6H3,(H,20,23)/t13-/m0/s1. The van der Waals surface area contributed by atoms with Crippen LogP contribution in [0.25, 0.3) is 0 Å². The van der Waals surface area contributed by atoms with Crippen LogP contribution in [0, 0.1) is 0 Å². The number of methoxy groups -OCH3 is 1. The number of hydrogen-bond acceptors (Lipinski definition) is 6. The summed E-state index contributed by atoms with van der Waals surface area (Å²) >= 11 is 0. The van der Waals surface area contributed by atoms with Gasteiger partial charge in [0, 0.05) is 26.7 Å². The molecule has 0 fully saturated rings. The van der Waals surface area contributed by atoms with E-state index in [0.29, 0.717) is 17.9 Å². The highest BCUT2D eigenvalue weighted by molar-refractivity contribution is 5.95. The number of ether oxygens (including phenoxy) is 2. The molecule has 0 unspecified atom stereocenters. The molecule has 0 radical (unpaired) electrons. The van der Waals surface area contributed by atoms with E-state index in [0.717, 1.165) is 5.69 Å². The predicted octanol–water partition coefficient (Wildman–Crippen LogP) is 1.04. The van der Waals surface area contributed by atoms with Crippen molar-refractivity contribution in [3.8, 4) is 5.75 Å². The summed E-state index contributed by atoms with van der Waals surface area (Å²) in [6.07, 6.45) is 0.141. The molecule has 0 bridgehead atoms. The number of anilines is 1. The van der Waals surface area contributed by atoms with Crippen molar-refractivity contribution in [3.63, 3.8) is 0 Å². The minimum absolute atomic E-state index is 0.106. The largest absolute Gasteiger partial charge is 0.489 e. The second kappa shape index (κ2) is 7.85. The van der Waals surface area contributed by atoms with Gasteiger partial charge >= 0.3 is 5.97 Å². The SMILES string of the molecule is COC(=O)C(C)(C)NC(=O)C[C@H]1COc2ccc(C(=O)N(C)C)cc2N1C. The molecule has 1 N–H and O–H groups in total. The van der Waals surface area contributed by atoms with Crippen molar-refractivity contribution in [3.05, 3.63) is 23.8 Å². The number of amides is 2. The molecule has 8 nitrogen and oxygen atoms in total. The molecule has 1 aliphatic rings. The van der Waals surface area contributed by atoms with Gasteiger partial charge in [0.05, 0.1) is 25.3 Å². The fraction of sp³-hybridized carbons (Fsp3) is 0.526. The third-order valence-corrected chi connectivity index (χ3v) is 4.54. The molecule has 27 heavy (non-hydrogen) atoms. The van der Waals surface area contributed by atoms with Gasteiger partial charge in [-0.1, -0.05) is 0 Å². The molecular weight excluding hydrogens is 350 g/mol. The first-order chi connectivity index (χ1) is 12.6. The zero-order valence-corrected chi connectivity index (χ0v) is 16.7. The van der Waals surface area contributed by atoms with Gasteiger partial charge in [0.2, 0.25) is 5.91 Å². The summed E-state index contributed by atoms with van der Waals surface area (Å²) in [7, 11) is 6.52. The van der Waals surface area contributed by atoms with Crippen LogP contribution in [0.3, 0.4) is 0 Å². The molecule has 8 heteroatoms. The summed E-state index contributed by atoms with van der Waals surface area (Å²) in [5, 5.41) is 2.69. The van der Waals surface area contributed by atoms with Gasteiger partial charge < -0.3 is 24.6 Å². The van der Waals surface area contributed by atoms with Crippen LogP contribution in [0.4, 0.5) is 5.69 Å². The number of benzene rings is 1. The van der Waals surface area contributed by atoms with Crippen LogP contribution in [-0.2, 0) is 14.3 Å². The number of likely N-dealkylation sites (N-methyl/N-ethyl adjacent to an activating group) is 1. The third kappa shape index (κ3) is 4.50. The molecule has 1 aromatic carbocycles. The number of esters is 1.